The Balaban J connectivity index is 1.47. The maximum atomic E-state index is 12.9. The highest BCUT2D eigenvalue weighted by Crippen LogP contribution is 2.22. The average Bonchev–Trinajstić information content (AvgIpc) is 3.07. The molecular formula is C23H36N4O5S. The molecule has 0 bridgehead atoms. The first kappa shape index (κ1) is 25.3. The number of ether oxygens (including phenoxy) is 1. The van der Waals surface area contributed by atoms with Crippen molar-refractivity contribution in [3.05, 3.63) is 24.3 Å². The van der Waals surface area contributed by atoms with Gasteiger partial charge in [0.2, 0.25) is 15.9 Å². The minimum atomic E-state index is -3.49. The Hall–Kier alpha value is -2.33. The fourth-order valence-electron chi connectivity index (χ4n) is 3.93. The first-order valence-electron chi connectivity index (χ1n) is 11.7. The van der Waals surface area contributed by atoms with Gasteiger partial charge < -0.3 is 19.9 Å². The van der Waals surface area contributed by atoms with Crippen LogP contribution in [0.5, 0.6) is 0 Å². The standard InChI is InChI=1S/C23H36N4O5S/c1-23(2,3)32-22(29)26-16-14-25(15-17-26)21(28)18-24-19-8-10-20(11-9-19)33(30,31)27-12-6-4-5-7-13-27/h8-11,24H,4-7,12-18H2,1-3H3. The molecule has 0 radical (unpaired) electrons. The molecule has 0 aliphatic carbocycles. The first-order valence-corrected chi connectivity index (χ1v) is 13.1. The van der Waals surface area contributed by atoms with Crippen LogP contribution in [0.15, 0.2) is 29.2 Å². The van der Waals surface area contributed by atoms with Gasteiger partial charge in [0.05, 0.1) is 11.4 Å². The normalized spacial score (nSPS) is 18.5. The van der Waals surface area contributed by atoms with Crippen molar-refractivity contribution in [2.45, 2.75) is 57.0 Å². The van der Waals surface area contributed by atoms with Crippen LogP contribution >= 0.6 is 0 Å². The van der Waals surface area contributed by atoms with Gasteiger partial charge in [0.1, 0.15) is 5.60 Å². The molecule has 2 amide bonds. The Morgan fingerprint density at radius 2 is 1.42 bits per heavy atom. The zero-order valence-corrected chi connectivity index (χ0v) is 20.7. The van der Waals surface area contributed by atoms with Gasteiger partial charge in [0.15, 0.2) is 0 Å². The highest BCUT2D eigenvalue weighted by molar-refractivity contribution is 7.89. The molecule has 1 N–H and O–H groups in total. The van der Waals surface area contributed by atoms with Crippen LogP contribution in [0.4, 0.5) is 10.5 Å². The number of hydrogen-bond donors (Lipinski definition) is 1. The van der Waals surface area contributed by atoms with E-state index in [2.05, 4.69) is 5.32 Å². The van der Waals surface area contributed by atoms with Gasteiger partial charge in [-0.15, -0.1) is 0 Å². The van der Waals surface area contributed by atoms with Gasteiger partial charge in [-0.3, -0.25) is 4.79 Å². The van der Waals surface area contributed by atoms with Gasteiger partial charge in [-0.1, -0.05) is 12.8 Å². The van der Waals surface area contributed by atoms with Gasteiger partial charge >= 0.3 is 6.09 Å². The molecule has 0 unspecified atom stereocenters. The number of sulfonamides is 1. The number of piperazine rings is 1. The summed E-state index contributed by atoms with van der Waals surface area (Å²) >= 11 is 0. The predicted molar refractivity (Wildman–Crippen MR) is 127 cm³/mol. The zero-order valence-electron chi connectivity index (χ0n) is 19.9. The van der Waals surface area contributed by atoms with Crippen LogP contribution in [0.1, 0.15) is 46.5 Å². The Morgan fingerprint density at radius 1 is 0.879 bits per heavy atom. The second-order valence-electron chi connectivity index (χ2n) is 9.54. The van der Waals surface area contributed by atoms with Crippen LogP contribution in [0, 0.1) is 0 Å². The number of amides is 2. The third-order valence-corrected chi connectivity index (χ3v) is 7.70. The van der Waals surface area contributed by atoms with Crippen molar-refractivity contribution >= 4 is 27.7 Å². The Labute approximate surface area is 197 Å². The summed E-state index contributed by atoms with van der Waals surface area (Å²) in [6.07, 6.45) is 3.57. The van der Waals surface area contributed by atoms with Crippen LogP contribution in [-0.4, -0.2) is 85.9 Å². The molecule has 0 aromatic heterocycles. The number of carbonyl (C=O) groups is 2. The third kappa shape index (κ3) is 7.07. The molecule has 0 saturated carbocycles. The number of rotatable bonds is 5. The monoisotopic (exact) mass is 480 g/mol. The summed E-state index contributed by atoms with van der Waals surface area (Å²) in [6, 6.07) is 6.57. The molecule has 3 rings (SSSR count). The van der Waals surface area contributed by atoms with E-state index in [9.17, 15) is 18.0 Å². The highest BCUT2D eigenvalue weighted by Gasteiger charge is 2.28. The van der Waals surface area contributed by atoms with Crippen LogP contribution in [0.25, 0.3) is 0 Å². The lowest BCUT2D eigenvalue weighted by atomic mass is 10.2. The second-order valence-corrected chi connectivity index (χ2v) is 11.5. The lowest BCUT2D eigenvalue weighted by Crippen LogP contribution is -2.52. The zero-order chi connectivity index (χ0) is 24.1. The summed E-state index contributed by atoms with van der Waals surface area (Å²) in [6.45, 7) is 8.49. The largest absolute Gasteiger partial charge is 0.444 e. The molecule has 2 aliphatic rings. The van der Waals surface area contributed by atoms with Gasteiger partial charge in [0.25, 0.3) is 0 Å². The first-order chi connectivity index (χ1) is 15.6. The molecule has 0 atom stereocenters. The Morgan fingerprint density at radius 3 is 1.97 bits per heavy atom. The molecule has 2 heterocycles. The third-order valence-electron chi connectivity index (χ3n) is 5.78. The van der Waals surface area contributed by atoms with E-state index >= 15 is 0 Å². The van der Waals surface area contributed by atoms with Crippen molar-refractivity contribution in [1.29, 1.82) is 0 Å². The molecule has 10 heteroatoms. The SMILES string of the molecule is CC(C)(C)OC(=O)N1CCN(C(=O)CNc2ccc(S(=O)(=O)N3CCCCCC3)cc2)CC1. The minimum Gasteiger partial charge on any atom is -0.444 e. The number of hydrogen-bond acceptors (Lipinski definition) is 6. The lowest BCUT2D eigenvalue weighted by molar-refractivity contribution is -0.131. The van der Waals surface area contributed by atoms with Crippen LogP contribution in [0.2, 0.25) is 0 Å². The molecule has 2 fully saturated rings. The Bertz CT molecular complexity index is 911. The predicted octanol–water partition coefficient (Wildman–Crippen LogP) is 2.74. The van der Waals surface area contributed by atoms with Crippen molar-refractivity contribution in [2.24, 2.45) is 0 Å². The summed E-state index contributed by atoms with van der Waals surface area (Å²) in [5.74, 6) is -0.0693. The maximum absolute atomic E-state index is 12.9. The molecule has 184 valence electrons. The van der Waals surface area contributed by atoms with E-state index in [-0.39, 0.29) is 23.4 Å². The molecule has 9 nitrogen and oxygen atoms in total. The second kappa shape index (κ2) is 10.7. The molecule has 33 heavy (non-hydrogen) atoms. The fourth-order valence-corrected chi connectivity index (χ4v) is 5.45. The van der Waals surface area contributed by atoms with E-state index in [0.717, 1.165) is 25.7 Å². The van der Waals surface area contributed by atoms with E-state index in [1.165, 1.54) is 0 Å². The van der Waals surface area contributed by atoms with Gasteiger partial charge in [-0.2, -0.15) is 4.31 Å². The van der Waals surface area contributed by atoms with E-state index in [0.29, 0.717) is 45.0 Å². The molecule has 2 saturated heterocycles. The summed E-state index contributed by atoms with van der Waals surface area (Å²) < 4.78 is 32.7. The van der Waals surface area contributed by atoms with E-state index in [1.807, 2.05) is 20.8 Å². The molecular weight excluding hydrogens is 444 g/mol. The van der Waals surface area contributed by atoms with Crippen molar-refractivity contribution in [3.63, 3.8) is 0 Å². The minimum absolute atomic E-state index is 0.0693. The number of nitrogens with zero attached hydrogens (tertiary/aromatic N) is 3. The summed E-state index contributed by atoms with van der Waals surface area (Å²) in [7, 11) is -3.49. The van der Waals surface area contributed by atoms with Crippen LogP contribution in [0.3, 0.4) is 0 Å². The van der Waals surface area contributed by atoms with Crippen molar-refractivity contribution in [3.8, 4) is 0 Å². The smallest absolute Gasteiger partial charge is 0.410 e. The Kier molecular flexibility index (Phi) is 8.23. The van der Waals surface area contributed by atoms with Gasteiger partial charge in [-0.05, 0) is 57.9 Å². The number of carbonyl (C=O) groups excluding carboxylic acids is 2. The fraction of sp³-hybridized carbons (Fsp3) is 0.652. The summed E-state index contributed by atoms with van der Waals surface area (Å²) in [5, 5.41) is 3.07. The molecule has 1 aromatic carbocycles. The molecule has 2 aliphatic heterocycles. The molecule has 1 aromatic rings. The topological polar surface area (TPSA) is 99.3 Å². The highest BCUT2D eigenvalue weighted by atomic mass is 32.2. The van der Waals surface area contributed by atoms with E-state index < -0.39 is 15.6 Å². The van der Waals surface area contributed by atoms with Crippen LogP contribution in [-0.2, 0) is 19.6 Å². The molecule has 0 spiro atoms. The van der Waals surface area contributed by atoms with Gasteiger partial charge in [-0.25, -0.2) is 13.2 Å². The maximum Gasteiger partial charge on any atom is 0.410 e. The quantitative estimate of drug-likeness (QED) is 0.696. The van der Waals surface area contributed by atoms with E-state index in [4.69, 9.17) is 4.74 Å². The number of nitrogens with one attached hydrogen (secondary N) is 1. The van der Waals surface area contributed by atoms with Crippen molar-refractivity contribution in [2.75, 3.05) is 51.1 Å². The summed E-state index contributed by atoms with van der Waals surface area (Å²) in [4.78, 5) is 28.3. The van der Waals surface area contributed by atoms with E-state index in [1.54, 1.807) is 38.4 Å². The number of anilines is 1. The average molecular weight is 481 g/mol. The van der Waals surface area contributed by atoms with Crippen LogP contribution < -0.4 is 5.32 Å². The van der Waals surface area contributed by atoms with Crippen molar-refractivity contribution < 1.29 is 22.7 Å². The van der Waals surface area contributed by atoms with Crippen molar-refractivity contribution in [1.82, 2.24) is 14.1 Å². The number of benzene rings is 1. The van der Waals surface area contributed by atoms with Gasteiger partial charge in [0, 0.05) is 45.0 Å². The summed E-state index contributed by atoms with van der Waals surface area (Å²) in [5.41, 5.74) is 0.140. The lowest BCUT2D eigenvalue weighted by Gasteiger charge is -2.35.